The van der Waals surface area contributed by atoms with E-state index >= 15 is 0 Å². The van der Waals surface area contributed by atoms with Crippen molar-refractivity contribution >= 4 is 28.4 Å². The first-order valence-electron chi connectivity index (χ1n) is 6.90. The minimum Gasteiger partial charge on any atom is -0.508 e. The number of phenols is 1. The van der Waals surface area contributed by atoms with E-state index in [1.54, 1.807) is 42.6 Å². The molecular weight excluding hydrogens is 328 g/mol. The number of aromatic hydroxyl groups is 1. The second kappa shape index (κ2) is 6.88. The van der Waals surface area contributed by atoms with E-state index in [4.69, 9.17) is 0 Å². The van der Waals surface area contributed by atoms with E-state index in [1.807, 2.05) is 5.38 Å². The maximum absolute atomic E-state index is 10.7. The maximum atomic E-state index is 10.7. The quantitative estimate of drug-likeness (QED) is 0.417. The highest BCUT2D eigenvalue weighted by atomic mass is 32.1. The summed E-state index contributed by atoms with van der Waals surface area (Å²) in [7, 11) is 0. The molecule has 0 atom stereocenters. The zero-order valence-electron chi connectivity index (χ0n) is 12.3. The van der Waals surface area contributed by atoms with E-state index < -0.39 is 4.92 Å². The van der Waals surface area contributed by atoms with E-state index in [9.17, 15) is 15.2 Å². The fourth-order valence-electron chi connectivity index (χ4n) is 1.93. The lowest BCUT2D eigenvalue weighted by molar-refractivity contribution is -0.384. The van der Waals surface area contributed by atoms with Crippen LogP contribution in [0.1, 0.15) is 5.56 Å². The third-order valence-electron chi connectivity index (χ3n) is 3.14. The molecule has 1 heterocycles. The highest BCUT2D eigenvalue weighted by Crippen LogP contribution is 2.26. The normalized spacial score (nSPS) is 10.8. The molecule has 0 saturated heterocycles. The first-order chi connectivity index (χ1) is 11.6. The molecule has 8 heteroatoms. The Bertz CT molecular complexity index is 873. The summed E-state index contributed by atoms with van der Waals surface area (Å²) in [6.07, 6.45) is 1.62. The van der Waals surface area contributed by atoms with Crippen LogP contribution in [0.15, 0.2) is 59.0 Å². The van der Waals surface area contributed by atoms with E-state index in [2.05, 4.69) is 15.5 Å². The Morgan fingerprint density at radius 3 is 2.54 bits per heavy atom. The molecule has 24 heavy (non-hydrogen) atoms. The van der Waals surface area contributed by atoms with Gasteiger partial charge in [0.1, 0.15) is 5.75 Å². The Balaban J connectivity index is 1.67. The molecule has 0 amide bonds. The van der Waals surface area contributed by atoms with Crippen LogP contribution >= 0.6 is 11.3 Å². The number of hydrogen-bond acceptors (Lipinski definition) is 7. The van der Waals surface area contributed by atoms with Gasteiger partial charge in [-0.3, -0.25) is 15.5 Å². The topological polar surface area (TPSA) is 101 Å². The molecule has 2 aromatic carbocycles. The molecule has 7 nitrogen and oxygen atoms in total. The molecule has 0 spiro atoms. The maximum Gasteiger partial charge on any atom is 0.269 e. The number of thiazole rings is 1. The lowest BCUT2D eigenvalue weighted by Crippen LogP contribution is -1.90. The average Bonchev–Trinajstić information content (AvgIpc) is 3.06. The molecule has 2 N–H and O–H groups in total. The van der Waals surface area contributed by atoms with Crippen LogP contribution in [0.3, 0.4) is 0 Å². The number of anilines is 1. The molecule has 120 valence electrons. The fourth-order valence-corrected chi connectivity index (χ4v) is 2.60. The Labute approximate surface area is 141 Å². The van der Waals surface area contributed by atoms with Crippen molar-refractivity contribution < 1.29 is 10.0 Å². The monoisotopic (exact) mass is 340 g/mol. The molecule has 0 bridgehead atoms. The van der Waals surface area contributed by atoms with Crippen molar-refractivity contribution in [2.45, 2.75) is 0 Å². The summed E-state index contributed by atoms with van der Waals surface area (Å²) in [6, 6.07) is 12.9. The number of rotatable bonds is 5. The number of aromatic nitrogens is 1. The molecule has 1 aromatic heterocycles. The molecule has 3 rings (SSSR count). The number of non-ortho nitro benzene ring substituents is 1. The van der Waals surface area contributed by atoms with Gasteiger partial charge >= 0.3 is 0 Å². The van der Waals surface area contributed by atoms with Gasteiger partial charge in [0.15, 0.2) is 0 Å². The zero-order chi connectivity index (χ0) is 16.9. The third kappa shape index (κ3) is 3.73. The molecule has 0 aliphatic rings. The van der Waals surface area contributed by atoms with Gasteiger partial charge in [0.25, 0.3) is 5.69 Å². The number of benzene rings is 2. The summed E-state index contributed by atoms with van der Waals surface area (Å²) in [5.74, 6) is 0.202. The van der Waals surface area contributed by atoms with Gasteiger partial charge in [-0.05, 0) is 42.0 Å². The minimum atomic E-state index is -0.435. The van der Waals surface area contributed by atoms with Gasteiger partial charge in [-0.2, -0.15) is 5.10 Å². The highest BCUT2D eigenvalue weighted by molar-refractivity contribution is 7.14. The van der Waals surface area contributed by atoms with Crippen molar-refractivity contribution in [3.8, 4) is 17.0 Å². The smallest absolute Gasteiger partial charge is 0.269 e. The summed E-state index contributed by atoms with van der Waals surface area (Å²) in [6.45, 7) is 0. The van der Waals surface area contributed by atoms with Gasteiger partial charge in [0.05, 0.1) is 16.8 Å². The number of hydrazone groups is 1. The summed E-state index contributed by atoms with van der Waals surface area (Å²) in [5, 5.41) is 26.4. The number of phenolic OH excluding ortho intramolecular Hbond substituents is 1. The van der Waals surface area contributed by atoms with Gasteiger partial charge in [-0.15, -0.1) is 11.3 Å². The van der Waals surface area contributed by atoms with Crippen molar-refractivity contribution in [1.29, 1.82) is 0 Å². The number of nitro groups is 1. The summed E-state index contributed by atoms with van der Waals surface area (Å²) in [5.41, 5.74) is 5.24. The van der Waals surface area contributed by atoms with Crippen LogP contribution in [0.4, 0.5) is 10.8 Å². The van der Waals surface area contributed by atoms with Gasteiger partial charge in [-0.1, -0.05) is 0 Å². The van der Waals surface area contributed by atoms with Crippen LogP contribution in [-0.2, 0) is 0 Å². The third-order valence-corrected chi connectivity index (χ3v) is 3.89. The SMILES string of the molecule is O=[N+]([O-])c1ccc(-c2csc(NN=Cc3ccc(O)cc3)n2)cc1. The number of nitro benzene ring substituents is 1. The molecule has 0 saturated carbocycles. The first-order valence-corrected chi connectivity index (χ1v) is 7.78. The minimum absolute atomic E-state index is 0.0471. The Morgan fingerprint density at radius 2 is 1.88 bits per heavy atom. The zero-order valence-corrected chi connectivity index (χ0v) is 13.1. The predicted molar refractivity (Wildman–Crippen MR) is 93.5 cm³/mol. The number of nitrogens with one attached hydrogen (secondary N) is 1. The van der Waals surface area contributed by atoms with E-state index in [0.29, 0.717) is 5.13 Å². The van der Waals surface area contributed by atoms with Crippen LogP contribution in [0.5, 0.6) is 5.75 Å². The number of hydrogen-bond donors (Lipinski definition) is 2. The van der Waals surface area contributed by atoms with Crippen LogP contribution in [0, 0.1) is 10.1 Å². The highest BCUT2D eigenvalue weighted by Gasteiger charge is 2.07. The molecule has 0 aliphatic carbocycles. The molecule has 3 aromatic rings. The van der Waals surface area contributed by atoms with Gasteiger partial charge in [0, 0.05) is 23.1 Å². The van der Waals surface area contributed by atoms with Crippen molar-refractivity contribution in [2.75, 3.05) is 5.43 Å². The molecule has 0 fully saturated rings. The van der Waals surface area contributed by atoms with Crippen molar-refractivity contribution in [3.63, 3.8) is 0 Å². The summed E-state index contributed by atoms with van der Waals surface area (Å²) in [4.78, 5) is 14.6. The Morgan fingerprint density at radius 1 is 1.17 bits per heavy atom. The van der Waals surface area contributed by atoms with E-state index in [-0.39, 0.29) is 11.4 Å². The van der Waals surface area contributed by atoms with E-state index in [1.165, 1.54) is 23.5 Å². The predicted octanol–water partition coefficient (Wildman–Crippen LogP) is 3.87. The van der Waals surface area contributed by atoms with Crippen LogP contribution in [0.2, 0.25) is 0 Å². The van der Waals surface area contributed by atoms with Crippen molar-refractivity contribution in [3.05, 3.63) is 69.6 Å². The second-order valence-electron chi connectivity index (χ2n) is 4.80. The summed E-state index contributed by atoms with van der Waals surface area (Å²) >= 11 is 1.38. The molecule has 0 unspecified atom stereocenters. The second-order valence-corrected chi connectivity index (χ2v) is 5.66. The lowest BCUT2D eigenvalue weighted by Gasteiger charge is -1.97. The average molecular weight is 340 g/mol. The fraction of sp³-hybridized carbons (Fsp3) is 0. The molecule has 0 radical (unpaired) electrons. The van der Waals surface area contributed by atoms with Gasteiger partial charge in [0.2, 0.25) is 5.13 Å². The van der Waals surface area contributed by atoms with Crippen LogP contribution in [-0.4, -0.2) is 21.2 Å². The molecule has 0 aliphatic heterocycles. The number of nitrogens with zero attached hydrogens (tertiary/aromatic N) is 3. The Hall–Kier alpha value is -3.26. The Kier molecular flexibility index (Phi) is 4.48. The first kappa shape index (κ1) is 15.6. The standard InChI is InChI=1S/C16H12N4O3S/c21-14-7-1-11(2-8-14)9-17-19-16-18-15(10-24-16)12-3-5-13(6-4-12)20(22)23/h1-10,21H,(H,18,19). The largest absolute Gasteiger partial charge is 0.508 e. The van der Waals surface area contributed by atoms with Crippen molar-refractivity contribution in [2.24, 2.45) is 5.10 Å². The molecular formula is C16H12N4O3S. The van der Waals surface area contributed by atoms with Crippen LogP contribution < -0.4 is 5.43 Å². The lowest BCUT2D eigenvalue weighted by atomic mass is 10.1. The van der Waals surface area contributed by atoms with Gasteiger partial charge in [-0.25, -0.2) is 4.98 Å². The van der Waals surface area contributed by atoms with Crippen LogP contribution in [0.25, 0.3) is 11.3 Å². The summed E-state index contributed by atoms with van der Waals surface area (Å²) < 4.78 is 0. The van der Waals surface area contributed by atoms with E-state index in [0.717, 1.165) is 16.8 Å². The van der Waals surface area contributed by atoms with Gasteiger partial charge < -0.3 is 5.11 Å². The van der Waals surface area contributed by atoms with Crippen molar-refractivity contribution in [1.82, 2.24) is 4.98 Å².